The van der Waals surface area contributed by atoms with Crippen LogP contribution in [0.3, 0.4) is 0 Å². The molecule has 0 aliphatic heterocycles. The van der Waals surface area contributed by atoms with Crippen LogP contribution in [0.5, 0.6) is 0 Å². The predicted molar refractivity (Wildman–Crippen MR) is 44.1 cm³/mol. The molecule has 1 aliphatic carbocycles. The van der Waals surface area contributed by atoms with Crippen LogP contribution in [0.1, 0.15) is 6.92 Å². The van der Waals surface area contributed by atoms with E-state index in [9.17, 15) is 0 Å². The Kier molecular flexibility index (Phi) is 1.92. The van der Waals surface area contributed by atoms with E-state index in [4.69, 9.17) is 51.5 Å². The molecule has 0 saturated heterocycles. The fraction of sp³-hybridized carbons (Fsp3) is 1.00. The molecule has 1 nitrogen and oxygen atoms in total. The number of rotatable bonds is 1. The van der Waals surface area contributed by atoms with E-state index < -0.39 is 14.1 Å². The van der Waals surface area contributed by atoms with E-state index in [1.807, 2.05) is 0 Å². The van der Waals surface area contributed by atoms with Gasteiger partial charge < -0.3 is 5.11 Å². The molecule has 0 heterocycles. The first-order valence-electron chi connectivity index (χ1n) is 2.68. The maximum absolute atomic E-state index is 8.80. The Balaban J connectivity index is 2.90. The first kappa shape index (κ1) is 9.21. The standard InChI is InChI=1S/C5H6Cl4O/c1-3(2-10)4(6,7)5(3,8)9/h10H,2H2,1H3. The van der Waals surface area contributed by atoms with Crippen molar-refractivity contribution in [3.8, 4) is 0 Å². The molecular formula is C5H6Cl4O. The normalized spacial score (nSPS) is 31.8. The van der Waals surface area contributed by atoms with Crippen LogP contribution >= 0.6 is 46.4 Å². The summed E-state index contributed by atoms with van der Waals surface area (Å²) in [6, 6.07) is 0. The van der Waals surface area contributed by atoms with Gasteiger partial charge in [0.1, 0.15) is 0 Å². The van der Waals surface area contributed by atoms with Crippen molar-refractivity contribution in [2.24, 2.45) is 5.41 Å². The van der Waals surface area contributed by atoms with Gasteiger partial charge in [-0.25, -0.2) is 0 Å². The van der Waals surface area contributed by atoms with Crippen LogP contribution in [0, 0.1) is 5.41 Å². The minimum Gasteiger partial charge on any atom is -0.396 e. The number of aliphatic hydroxyl groups is 1. The van der Waals surface area contributed by atoms with Crippen molar-refractivity contribution in [2.75, 3.05) is 6.61 Å². The molecule has 1 N–H and O–H groups in total. The van der Waals surface area contributed by atoms with Gasteiger partial charge in [-0.2, -0.15) is 0 Å². The van der Waals surface area contributed by atoms with Gasteiger partial charge in [-0.3, -0.25) is 0 Å². The molecule has 0 aromatic heterocycles. The van der Waals surface area contributed by atoms with Gasteiger partial charge in [0, 0.05) is 0 Å². The lowest BCUT2D eigenvalue weighted by molar-refractivity contribution is 0.221. The van der Waals surface area contributed by atoms with E-state index in [-0.39, 0.29) is 6.61 Å². The third kappa shape index (κ3) is 0.709. The maximum atomic E-state index is 8.80. The molecule has 0 unspecified atom stereocenters. The van der Waals surface area contributed by atoms with Crippen LogP contribution < -0.4 is 0 Å². The monoisotopic (exact) mass is 222 g/mol. The maximum Gasteiger partial charge on any atom is 0.162 e. The van der Waals surface area contributed by atoms with Crippen LogP contribution in [0.15, 0.2) is 0 Å². The van der Waals surface area contributed by atoms with E-state index in [1.165, 1.54) is 0 Å². The summed E-state index contributed by atoms with van der Waals surface area (Å²) in [6.07, 6.45) is 0. The Labute approximate surface area is 79.2 Å². The van der Waals surface area contributed by atoms with Crippen LogP contribution in [0.25, 0.3) is 0 Å². The van der Waals surface area contributed by atoms with Crippen molar-refractivity contribution >= 4 is 46.4 Å². The van der Waals surface area contributed by atoms with Gasteiger partial charge in [-0.15, -0.1) is 0 Å². The Hall–Kier alpha value is 1.12. The molecule has 0 aromatic carbocycles. The van der Waals surface area contributed by atoms with Crippen molar-refractivity contribution in [2.45, 2.75) is 15.6 Å². The van der Waals surface area contributed by atoms with E-state index in [1.54, 1.807) is 6.92 Å². The van der Waals surface area contributed by atoms with Gasteiger partial charge in [-0.1, -0.05) is 53.3 Å². The minimum atomic E-state index is -1.22. The number of hydrogen-bond acceptors (Lipinski definition) is 1. The molecule has 1 saturated carbocycles. The summed E-state index contributed by atoms with van der Waals surface area (Å²) in [6.45, 7) is 1.42. The summed E-state index contributed by atoms with van der Waals surface area (Å²) in [5.41, 5.74) is -0.799. The molecule has 0 atom stereocenters. The van der Waals surface area contributed by atoms with E-state index in [0.29, 0.717) is 0 Å². The highest BCUT2D eigenvalue weighted by Gasteiger charge is 2.84. The second-order valence-corrected chi connectivity index (χ2v) is 5.29. The lowest BCUT2D eigenvalue weighted by Gasteiger charge is -2.04. The van der Waals surface area contributed by atoms with Gasteiger partial charge in [0.25, 0.3) is 0 Å². The zero-order chi connectivity index (χ0) is 8.21. The third-order valence-electron chi connectivity index (χ3n) is 2.03. The molecule has 10 heavy (non-hydrogen) atoms. The van der Waals surface area contributed by atoms with Gasteiger partial charge in [0.15, 0.2) is 8.67 Å². The van der Waals surface area contributed by atoms with E-state index in [2.05, 4.69) is 0 Å². The zero-order valence-corrected chi connectivity index (χ0v) is 8.19. The first-order chi connectivity index (χ1) is 4.31. The first-order valence-corrected chi connectivity index (χ1v) is 4.19. The average molecular weight is 224 g/mol. The lowest BCUT2D eigenvalue weighted by Crippen LogP contribution is -2.10. The summed E-state index contributed by atoms with van der Waals surface area (Å²) in [5.74, 6) is 0. The fourth-order valence-corrected chi connectivity index (χ4v) is 2.44. The number of hydrogen-bond donors (Lipinski definition) is 1. The summed E-state index contributed by atoms with van der Waals surface area (Å²) < 4.78 is -2.45. The molecule has 0 aromatic rings. The quantitative estimate of drug-likeness (QED) is 0.677. The highest BCUT2D eigenvalue weighted by atomic mass is 35.5. The number of aliphatic hydroxyl groups excluding tert-OH is 1. The van der Waals surface area contributed by atoms with E-state index in [0.717, 1.165) is 0 Å². The predicted octanol–water partition coefficient (Wildman–Crippen LogP) is 2.35. The summed E-state index contributed by atoms with van der Waals surface area (Å²) in [5, 5.41) is 8.80. The molecule has 60 valence electrons. The molecule has 0 spiro atoms. The topological polar surface area (TPSA) is 20.2 Å². The molecule has 0 amide bonds. The SMILES string of the molecule is CC1(CO)C(Cl)(Cl)C1(Cl)Cl. The summed E-state index contributed by atoms with van der Waals surface area (Å²) in [7, 11) is 0. The summed E-state index contributed by atoms with van der Waals surface area (Å²) >= 11 is 22.7. The number of halogens is 4. The summed E-state index contributed by atoms with van der Waals surface area (Å²) in [4.78, 5) is 0. The average Bonchev–Trinajstić information content (AvgIpc) is 2.11. The molecule has 1 aliphatic rings. The second-order valence-electron chi connectivity index (χ2n) is 2.64. The fourth-order valence-electron chi connectivity index (χ4n) is 0.794. The van der Waals surface area contributed by atoms with Gasteiger partial charge >= 0.3 is 0 Å². The highest BCUT2D eigenvalue weighted by molar-refractivity contribution is 6.69. The van der Waals surface area contributed by atoms with Crippen molar-refractivity contribution in [3.05, 3.63) is 0 Å². The Morgan fingerprint density at radius 1 is 1.10 bits per heavy atom. The molecule has 1 rings (SSSR count). The Bertz CT molecular complexity index is 151. The van der Waals surface area contributed by atoms with Gasteiger partial charge in [0.05, 0.1) is 12.0 Å². The Morgan fingerprint density at radius 3 is 1.40 bits per heavy atom. The molecule has 5 heteroatoms. The van der Waals surface area contributed by atoms with Crippen LogP contribution in [0.4, 0.5) is 0 Å². The van der Waals surface area contributed by atoms with Crippen molar-refractivity contribution in [3.63, 3.8) is 0 Å². The van der Waals surface area contributed by atoms with E-state index >= 15 is 0 Å². The van der Waals surface area contributed by atoms with Crippen LogP contribution in [-0.4, -0.2) is 20.4 Å². The largest absolute Gasteiger partial charge is 0.396 e. The van der Waals surface area contributed by atoms with Gasteiger partial charge in [-0.05, 0) is 0 Å². The molecule has 1 fully saturated rings. The van der Waals surface area contributed by atoms with Crippen molar-refractivity contribution in [1.29, 1.82) is 0 Å². The molecular weight excluding hydrogens is 218 g/mol. The highest BCUT2D eigenvalue weighted by Crippen LogP contribution is 2.77. The van der Waals surface area contributed by atoms with Gasteiger partial charge in [0.2, 0.25) is 0 Å². The van der Waals surface area contributed by atoms with Crippen LogP contribution in [0.2, 0.25) is 0 Å². The van der Waals surface area contributed by atoms with Crippen LogP contribution in [-0.2, 0) is 0 Å². The third-order valence-corrected chi connectivity index (χ3v) is 5.22. The lowest BCUT2D eigenvalue weighted by atomic mass is 10.2. The zero-order valence-electron chi connectivity index (χ0n) is 5.17. The van der Waals surface area contributed by atoms with Crippen molar-refractivity contribution in [1.82, 2.24) is 0 Å². The van der Waals surface area contributed by atoms with Crippen molar-refractivity contribution < 1.29 is 5.11 Å². The molecule has 0 bridgehead atoms. The minimum absolute atomic E-state index is 0.215. The number of alkyl halides is 4. The second kappa shape index (κ2) is 2.08. The Morgan fingerprint density at radius 2 is 1.40 bits per heavy atom. The smallest absolute Gasteiger partial charge is 0.162 e. The molecule has 0 radical (unpaired) electrons.